The Labute approximate surface area is 158 Å². The molecule has 0 fully saturated rings. The molecule has 5 nitrogen and oxygen atoms in total. The molecule has 0 radical (unpaired) electrons. The molecule has 0 aliphatic carbocycles. The summed E-state index contributed by atoms with van der Waals surface area (Å²) in [6.07, 6.45) is 0.114. The molecule has 4 rings (SSSR count). The lowest BCUT2D eigenvalue weighted by Crippen LogP contribution is -2.43. The van der Waals surface area contributed by atoms with Crippen LogP contribution >= 0.6 is 0 Å². The van der Waals surface area contributed by atoms with Crippen molar-refractivity contribution in [3.05, 3.63) is 66.2 Å². The molecule has 3 aromatic rings. The van der Waals surface area contributed by atoms with E-state index in [1.165, 1.54) is 0 Å². The van der Waals surface area contributed by atoms with E-state index in [2.05, 4.69) is 23.5 Å². The van der Waals surface area contributed by atoms with Crippen LogP contribution in [0.3, 0.4) is 0 Å². The molecule has 27 heavy (non-hydrogen) atoms. The maximum atomic E-state index is 12.7. The van der Waals surface area contributed by atoms with E-state index >= 15 is 0 Å². The highest BCUT2D eigenvalue weighted by Gasteiger charge is 2.26. The number of hydrogen-bond donors (Lipinski definition) is 2. The van der Waals surface area contributed by atoms with Gasteiger partial charge in [-0.2, -0.15) is 0 Å². The van der Waals surface area contributed by atoms with Crippen LogP contribution in [-0.4, -0.2) is 37.3 Å². The predicted molar refractivity (Wildman–Crippen MR) is 107 cm³/mol. The summed E-state index contributed by atoms with van der Waals surface area (Å²) in [5.74, 6) is 0.475. The molecule has 0 saturated carbocycles. The topological polar surface area (TPSA) is 61.8 Å². The Balaban J connectivity index is 1.63. The van der Waals surface area contributed by atoms with Gasteiger partial charge in [0.25, 0.3) is 0 Å². The van der Waals surface area contributed by atoms with E-state index in [0.29, 0.717) is 24.4 Å². The molecule has 2 N–H and O–H groups in total. The molecule has 0 saturated heterocycles. The fraction of sp³-hybridized carbons (Fsp3) is 0.227. The molecule has 1 heterocycles. The number of ether oxygens (including phenoxy) is 1. The number of para-hydroxylation sites is 2. The number of anilines is 2. The van der Waals surface area contributed by atoms with Crippen molar-refractivity contribution < 1.29 is 14.6 Å². The zero-order valence-electron chi connectivity index (χ0n) is 15.2. The summed E-state index contributed by atoms with van der Waals surface area (Å²) in [4.78, 5) is 14.7. The number of aliphatic hydroxyl groups excluding tert-OH is 1. The molecule has 3 aromatic carbocycles. The molecule has 0 aromatic heterocycles. The number of nitrogens with zero attached hydrogens (tertiary/aromatic N) is 1. The van der Waals surface area contributed by atoms with Crippen molar-refractivity contribution in [3.8, 4) is 5.75 Å². The monoisotopic (exact) mass is 362 g/mol. The van der Waals surface area contributed by atoms with Gasteiger partial charge in [0.15, 0.2) is 0 Å². The van der Waals surface area contributed by atoms with Crippen molar-refractivity contribution in [3.63, 3.8) is 0 Å². The number of carbonyl (C=O) groups excluding carboxylic acids is 1. The van der Waals surface area contributed by atoms with E-state index in [-0.39, 0.29) is 12.5 Å². The lowest BCUT2D eigenvalue weighted by molar-refractivity contribution is -0.115. The van der Waals surface area contributed by atoms with Gasteiger partial charge in [-0.25, -0.2) is 0 Å². The van der Waals surface area contributed by atoms with Gasteiger partial charge in [0.05, 0.1) is 25.4 Å². The van der Waals surface area contributed by atoms with Crippen molar-refractivity contribution >= 4 is 28.1 Å². The Kier molecular flexibility index (Phi) is 4.69. The maximum Gasteiger partial charge on any atom is 0.243 e. The van der Waals surface area contributed by atoms with Gasteiger partial charge in [0, 0.05) is 24.0 Å². The number of fused-ring (bicyclic) bond motifs is 3. The molecule has 1 aliphatic rings. The highest BCUT2D eigenvalue weighted by molar-refractivity contribution is 6.00. The average Bonchev–Trinajstić information content (AvgIpc) is 2.67. The summed E-state index contributed by atoms with van der Waals surface area (Å²) in [7, 11) is 1.58. The minimum absolute atomic E-state index is 0.146. The highest BCUT2D eigenvalue weighted by Crippen LogP contribution is 2.35. The van der Waals surface area contributed by atoms with Crippen molar-refractivity contribution in [1.82, 2.24) is 0 Å². The van der Waals surface area contributed by atoms with E-state index in [0.717, 1.165) is 22.0 Å². The molecule has 1 aliphatic heterocycles. The van der Waals surface area contributed by atoms with Gasteiger partial charge in [-0.15, -0.1) is 0 Å². The SMILES string of the molecule is COc1ccccc1NC(=O)CN1C[C@@H](O)Cc2ccc3ccccc3c21. The molecule has 0 unspecified atom stereocenters. The van der Waals surface area contributed by atoms with Crippen molar-refractivity contribution in [2.75, 3.05) is 30.4 Å². The number of β-amino-alcohol motifs (C(OH)–C–C–N with tert-alkyl or cyclic N) is 1. The maximum absolute atomic E-state index is 12.7. The summed E-state index contributed by atoms with van der Waals surface area (Å²) in [5.41, 5.74) is 2.74. The van der Waals surface area contributed by atoms with Crippen molar-refractivity contribution in [1.29, 1.82) is 0 Å². The molecule has 0 spiro atoms. The zero-order valence-corrected chi connectivity index (χ0v) is 15.2. The number of benzene rings is 3. The summed E-state index contributed by atoms with van der Waals surface area (Å²) < 4.78 is 5.30. The second-order valence-corrected chi connectivity index (χ2v) is 6.78. The fourth-order valence-corrected chi connectivity index (χ4v) is 3.76. The van der Waals surface area contributed by atoms with Crippen LogP contribution in [0.5, 0.6) is 5.75 Å². The first-order chi connectivity index (χ1) is 13.2. The summed E-state index contributed by atoms with van der Waals surface area (Å²) in [6, 6.07) is 19.6. The number of aliphatic hydroxyl groups is 1. The minimum Gasteiger partial charge on any atom is -0.495 e. The molecular formula is C22H22N2O3. The smallest absolute Gasteiger partial charge is 0.243 e. The average molecular weight is 362 g/mol. The lowest BCUT2D eigenvalue weighted by atomic mass is 9.95. The van der Waals surface area contributed by atoms with Crippen LogP contribution < -0.4 is 15.0 Å². The molecule has 0 bridgehead atoms. The largest absolute Gasteiger partial charge is 0.495 e. The number of hydrogen-bond acceptors (Lipinski definition) is 4. The third kappa shape index (κ3) is 3.46. The third-order valence-electron chi connectivity index (χ3n) is 4.90. The molecule has 1 amide bonds. The van der Waals surface area contributed by atoms with Crippen LogP contribution in [0.2, 0.25) is 0 Å². The Bertz CT molecular complexity index is 986. The van der Waals surface area contributed by atoms with E-state index < -0.39 is 6.10 Å². The quantitative estimate of drug-likeness (QED) is 0.748. The van der Waals surface area contributed by atoms with E-state index in [4.69, 9.17) is 4.74 Å². The first-order valence-electron chi connectivity index (χ1n) is 9.02. The fourth-order valence-electron chi connectivity index (χ4n) is 3.76. The molecule has 138 valence electrons. The number of nitrogens with one attached hydrogen (secondary N) is 1. The van der Waals surface area contributed by atoms with Gasteiger partial charge >= 0.3 is 0 Å². The summed E-state index contributed by atoms with van der Waals surface area (Å²) in [5, 5.41) is 15.4. The predicted octanol–water partition coefficient (Wildman–Crippen LogP) is 3.21. The Morgan fingerprint density at radius 3 is 2.78 bits per heavy atom. The van der Waals surface area contributed by atoms with E-state index in [1.54, 1.807) is 7.11 Å². The number of methoxy groups -OCH3 is 1. The van der Waals surface area contributed by atoms with Gasteiger partial charge in [-0.05, 0) is 23.1 Å². The van der Waals surface area contributed by atoms with Gasteiger partial charge < -0.3 is 20.1 Å². The van der Waals surface area contributed by atoms with E-state index in [1.807, 2.05) is 47.4 Å². The van der Waals surface area contributed by atoms with Crippen LogP contribution in [0.1, 0.15) is 5.56 Å². The number of carbonyl (C=O) groups is 1. The summed E-state index contributed by atoms with van der Waals surface area (Å²) in [6.45, 7) is 0.594. The first-order valence-corrected chi connectivity index (χ1v) is 9.02. The van der Waals surface area contributed by atoms with E-state index in [9.17, 15) is 9.90 Å². The zero-order chi connectivity index (χ0) is 18.8. The van der Waals surface area contributed by atoms with Crippen LogP contribution in [0.4, 0.5) is 11.4 Å². The Morgan fingerprint density at radius 2 is 1.93 bits per heavy atom. The minimum atomic E-state index is -0.488. The second-order valence-electron chi connectivity index (χ2n) is 6.78. The van der Waals surface area contributed by atoms with Gasteiger partial charge in [0.1, 0.15) is 5.75 Å². The highest BCUT2D eigenvalue weighted by atomic mass is 16.5. The second kappa shape index (κ2) is 7.29. The standard InChI is InChI=1S/C22H22N2O3/c1-27-20-9-5-4-8-19(20)23-21(26)14-24-13-17(25)12-16-11-10-15-6-2-3-7-18(15)22(16)24/h2-11,17,25H,12-14H2,1H3,(H,23,26)/t17-/m0/s1. The molecule has 1 atom stereocenters. The lowest BCUT2D eigenvalue weighted by Gasteiger charge is -2.34. The van der Waals surface area contributed by atoms with Crippen molar-refractivity contribution in [2.24, 2.45) is 0 Å². The van der Waals surface area contributed by atoms with Gasteiger partial charge in [-0.1, -0.05) is 48.5 Å². The van der Waals surface area contributed by atoms with Crippen LogP contribution in [0.15, 0.2) is 60.7 Å². The first kappa shape index (κ1) is 17.4. The van der Waals surface area contributed by atoms with Crippen LogP contribution in [-0.2, 0) is 11.2 Å². The van der Waals surface area contributed by atoms with Gasteiger partial charge in [0.2, 0.25) is 5.91 Å². The normalized spacial score (nSPS) is 16.1. The number of rotatable bonds is 4. The third-order valence-corrected chi connectivity index (χ3v) is 4.90. The molecule has 5 heteroatoms. The van der Waals surface area contributed by atoms with Crippen molar-refractivity contribution in [2.45, 2.75) is 12.5 Å². The summed E-state index contributed by atoms with van der Waals surface area (Å²) >= 11 is 0. The Hall–Kier alpha value is -3.05. The Morgan fingerprint density at radius 1 is 1.15 bits per heavy atom. The van der Waals surface area contributed by atoms with Crippen LogP contribution in [0, 0.1) is 0 Å². The van der Waals surface area contributed by atoms with Crippen LogP contribution in [0.25, 0.3) is 10.8 Å². The van der Waals surface area contributed by atoms with Gasteiger partial charge in [-0.3, -0.25) is 4.79 Å². The number of amides is 1. The molecular weight excluding hydrogens is 340 g/mol.